The molecule has 0 amide bonds. The molecule has 2 aromatic heterocycles. The molecule has 2 heterocycles. The molecule has 0 unspecified atom stereocenters. The van der Waals surface area contributed by atoms with Gasteiger partial charge in [0, 0.05) is 5.39 Å². The fourth-order valence-corrected chi connectivity index (χ4v) is 1.91. The minimum Gasteiger partial charge on any atom is -0.491 e. The Morgan fingerprint density at radius 2 is 2.16 bits per heavy atom. The molecular formula is C13H10FN3O2. The van der Waals surface area contributed by atoms with Crippen LogP contribution in [0.4, 0.5) is 10.2 Å². The van der Waals surface area contributed by atoms with Crippen LogP contribution in [0.1, 0.15) is 0 Å². The molecule has 19 heavy (non-hydrogen) atoms. The van der Waals surface area contributed by atoms with Crippen molar-refractivity contribution in [1.29, 1.82) is 0 Å². The van der Waals surface area contributed by atoms with Crippen molar-refractivity contribution in [3.63, 3.8) is 0 Å². The Balaban J connectivity index is 2.25. The van der Waals surface area contributed by atoms with E-state index >= 15 is 0 Å². The second-order valence-corrected chi connectivity index (χ2v) is 3.91. The molecule has 0 saturated heterocycles. The van der Waals surface area contributed by atoms with Gasteiger partial charge in [-0.3, -0.25) is 0 Å². The molecule has 2 N–H and O–H groups in total. The molecule has 0 radical (unpaired) electrons. The lowest BCUT2D eigenvalue weighted by atomic mass is 10.2. The van der Waals surface area contributed by atoms with Gasteiger partial charge in [-0.05, 0) is 12.1 Å². The van der Waals surface area contributed by atoms with Crippen LogP contribution in [0.3, 0.4) is 0 Å². The number of fused-ring (bicyclic) bond motifs is 1. The van der Waals surface area contributed by atoms with Crippen LogP contribution in [0.2, 0.25) is 0 Å². The summed E-state index contributed by atoms with van der Waals surface area (Å²) < 4.78 is 24.2. The third-order valence-corrected chi connectivity index (χ3v) is 2.76. The van der Waals surface area contributed by atoms with Crippen LogP contribution in [-0.2, 0) is 0 Å². The number of ether oxygens (including phenoxy) is 1. The number of rotatable bonds is 2. The Labute approximate surface area is 107 Å². The number of aromatic nitrogens is 2. The molecule has 3 rings (SSSR count). The molecule has 0 atom stereocenters. The van der Waals surface area contributed by atoms with E-state index in [2.05, 4.69) is 9.97 Å². The van der Waals surface area contributed by atoms with E-state index in [1.54, 1.807) is 18.2 Å². The fraction of sp³-hybridized carbons (Fsp3) is 0.0769. The fourth-order valence-electron chi connectivity index (χ4n) is 1.91. The summed E-state index contributed by atoms with van der Waals surface area (Å²) in [7, 11) is 1.46. The summed E-state index contributed by atoms with van der Waals surface area (Å²) in [5.74, 6) is 0.464. The number of furan rings is 1. The molecule has 0 saturated carbocycles. The minimum absolute atomic E-state index is 0.178. The Kier molecular flexibility index (Phi) is 2.56. The zero-order valence-electron chi connectivity index (χ0n) is 10.1. The smallest absolute Gasteiger partial charge is 0.190 e. The SMILES string of the molecule is COc1c(N)ncnc1-c1cc2cccc(F)c2o1. The van der Waals surface area contributed by atoms with Gasteiger partial charge in [-0.15, -0.1) is 0 Å². The molecule has 0 spiro atoms. The van der Waals surface area contributed by atoms with Crippen molar-refractivity contribution < 1.29 is 13.5 Å². The molecule has 0 aliphatic carbocycles. The molecule has 0 aliphatic heterocycles. The highest BCUT2D eigenvalue weighted by Gasteiger charge is 2.17. The molecule has 3 aromatic rings. The lowest BCUT2D eigenvalue weighted by molar-refractivity contribution is 0.413. The van der Waals surface area contributed by atoms with Gasteiger partial charge >= 0.3 is 0 Å². The number of anilines is 1. The van der Waals surface area contributed by atoms with Crippen LogP contribution < -0.4 is 10.5 Å². The summed E-state index contributed by atoms with van der Waals surface area (Å²) in [5.41, 5.74) is 6.27. The van der Waals surface area contributed by atoms with Crippen molar-refractivity contribution in [2.45, 2.75) is 0 Å². The molecule has 0 bridgehead atoms. The van der Waals surface area contributed by atoms with Crippen LogP contribution in [0.15, 0.2) is 35.0 Å². The maximum absolute atomic E-state index is 13.6. The number of methoxy groups -OCH3 is 1. The van der Waals surface area contributed by atoms with E-state index < -0.39 is 5.82 Å². The maximum atomic E-state index is 13.6. The highest BCUT2D eigenvalue weighted by Crippen LogP contribution is 2.35. The summed E-state index contributed by atoms with van der Waals surface area (Å²) in [6.07, 6.45) is 1.30. The third-order valence-electron chi connectivity index (χ3n) is 2.76. The number of para-hydroxylation sites is 1. The van der Waals surface area contributed by atoms with Gasteiger partial charge in [-0.2, -0.15) is 0 Å². The average molecular weight is 259 g/mol. The number of nitrogens with two attached hydrogens (primary N) is 1. The Morgan fingerprint density at radius 3 is 2.89 bits per heavy atom. The monoisotopic (exact) mass is 259 g/mol. The minimum atomic E-state index is -0.426. The Hall–Kier alpha value is -2.63. The first-order valence-corrected chi connectivity index (χ1v) is 5.53. The first-order valence-electron chi connectivity index (χ1n) is 5.53. The quantitative estimate of drug-likeness (QED) is 0.765. The molecule has 1 aromatic carbocycles. The highest BCUT2D eigenvalue weighted by molar-refractivity contribution is 5.84. The van der Waals surface area contributed by atoms with E-state index in [-0.39, 0.29) is 11.4 Å². The lowest BCUT2D eigenvalue weighted by Gasteiger charge is -2.06. The van der Waals surface area contributed by atoms with Crippen molar-refractivity contribution in [3.05, 3.63) is 36.4 Å². The normalized spacial score (nSPS) is 10.8. The van der Waals surface area contributed by atoms with Gasteiger partial charge in [0.15, 0.2) is 34.4 Å². The van der Waals surface area contributed by atoms with E-state index in [1.165, 1.54) is 19.5 Å². The predicted octanol–water partition coefficient (Wildman–Crippen LogP) is 2.62. The van der Waals surface area contributed by atoms with Crippen molar-refractivity contribution in [2.24, 2.45) is 0 Å². The van der Waals surface area contributed by atoms with E-state index in [9.17, 15) is 4.39 Å². The van der Waals surface area contributed by atoms with Crippen molar-refractivity contribution in [2.75, 3.05) is 12.8 Å². The highest BCUT2D eigenvalue weighted by atomic mass is 19.1. The summed E-state index contributed by atoms with van der Waals surface area (Å²) in [4.78, 5) is 7.91. The van der Waals surface area contributed by atoms with Crippen molar-refractivity contribution >= 4 is 16.8 Å². The standard InChI is InChI=1S/C13H10FN3O2/c1-18-12-10(16-6-17-13(12)15)9-5-7-3-2-4-8(14)11(7)19-9/h2-6H,1H3,(H2,15,16,17). The van der Waals surface area contributed by atoms with E-state index in [0.29, 0.717) is 22.6 Å². The first kappa shape index (κ1) is 11.5. The molecule has 0 aliphatic rings. The average Bonchev–Trinajstić information content (AvgIpc) is 2.84. The summed E-state index contributed by atoms with van der Waals surface area (Å²) in [6.45, 7) is 0. The van der Waals surface area contributed by atoms with Gasteiger partial charge in [-0.25, -0.2) is 14.4 Å². The second-order valence-electron chi connectivity index (χ2n) is 3.91. The number of nitrogens with zero attached hydrogens (tertiary/aromatic N) is 2. The van der Waals surface area contributed by atoms with Crippen LogP contribution in [0.25, 0.3) is 22.4 Å². The predicted molar refractivity (Wildman–Crippen MR) is 68.2 cm³/mol. The van der Waals surface area contributed by atoms with Gasteiger partial charge in [-0.1, -0.05) is 12.1 Å². The Morgan fingerprint density at radius 1 is 1.32 bits per heavy atom. The van der Waals surface area contributed by atoms with Gasteiger partial charge in [0.1, 0.15) is 6.33 Å². The summed E-state index contributed by atoms with van der Waals surface area (Å²) in [5, 5.41) is 0.647. The van der Waals surface area contributed by atoms with E-state index in [1.807, 2.05) is 0 Å². The number of halogens is 1. The van der Waals surface area contributed by atoms with Gasteiger partial charge < -0.3 is 14.9 Å². The number of benzene rings is 1. The summed E-state index contributed by atoms with van der Waals surface area (Å²) in [6, 6.07) is 6.38. The number of nitrogen functional groups attached to an aromatic ring is 1. The molecule has 0 fully saturated rings. The van der Waals surface area contributed by atoms with E-state index in [4.69, 9.17) is 14.9 Å². The van der Waals surface area contributed by atoms with Crippen LogP contribution in [-0.4, -0.2) is 17.1 Å². The van der Waals surface area contributed by atoms with Crippen LogP contribution >= 0.6 is 0 Å². The maximum Gasteiger partial charge on any atom is 0.190 e. The third kappa shape index (κ3) is 1.77. The topological polar surface area (TPSA) is 74.2 Å². The molecule has 5 nitrogen and oxygen atoms in total. The first-order chi connectivity index (χ1) is 9.20. The molecule has 6 heteroatoms. The zero-order chi connectivity index (χ0) is 13.4. The number of hydrogen-bond acceptors (Lipinski definition) is 5. The molecular weight excluding hydrogens is 249 g/mol. The lowest BCUT2D eigenvalue weighted by Crippen LogP contribution is -1.99. The second kappa shape index (κ2) is 4.24. The van der Waals surface area contributed by atoms with Crippen LogP contribution in [0, 0.1) is 5.82 Å². The van der Waals surface area contributed by atoms with Crippen LogP contribution in [0.5, 0.6) is 5.75 Å². The molecule has 96 valence electrons. The summed E-state index contributed by atoms with van der Waals surface area (Å²) >= 11 is 0. The van der Waals surface area contributed by atoms with Gasteiger partial charge in [0.05, 0.1) is 7.11 Å². The van der Waals surface area contributed by atoms with Crippen molar-refractivity contribution in [1.82, 2.24) is 9.97 Å². The van der Waals surface area contributed by atoms with Crippen molar-refractivity contribution in [3.8, 4) is 17.2 Å². The van der Waals surface area contributed by atoms with E-state index in [0.717, 1.165) is 0 Å². The number of hydrogen-bond donors (Lipinski definition) is 1. The van der Waals surface area contributed by atoms with Gasteiger partial charge in [0.2, 0.25) is 0 Å². The van der Waals surface area contributed by atoms with Gasteiger partial charge in [0.25, 0.3) is 0 Å². The zero-order valence-corrected chi connectivity index (χ0v) is 10.1. The largest absolute Gasteiger partial charge is 0.491 e. The Bertz CT molecular complexity index is 755.